The van der Waals surface area contributed by atoms with Gasteiger partial charge in [0.15, 0.2) is 9.84 Å². The van der Waals surface area contributed by atoms with Crippen molar-refractivity contribution in [1.82, 2.24) is 0 Å². The average Bonchev–Trinajstić information content (AvgIpc) is 2.38. The fourth-order valence-electron chi connectivity index (χ4n) is 2.37. The number of rotatable bonds is 8. The van der Waals surface area contributed by atoms with Gasteiger partial charge in [0.2, 0.25) is 0 Å². The lowest BCUT2D eigenvalue weighted by Gasteiger charge is -2.13. The van der Waals surface area contributed by atoms with Crippen LogP contribution in [0.25, 0.3) is 0 Å². The van der Waals surface area contributed by atoms with Crippen molar-refractivity contribution in [2.45, 2.75) is 63.5 Å². The Bertz CT molecular complexity index is 573. The number of ketones is 1. The normalized spacial score (nSPS) is 13.4. The van der Waals surface area contributed by atoms with Crippen LogP contribution in [0.4, 0.5) is 0 Å². The van der Waals surface area contributed by atoms with E-state index in [1.165, 1.54) is 0 Å². The summed E-state index contributed by atoms with van der Waals surface area (Å²) in [5.41, 5.74) is 0.980. The molecule has 3 nitrogen and oxygen atoms in total. The van der Waals surface area contributed by atoms with Gasteiger partial charge in [-0.25, -0.2) is 8.42 Å². The van der Waals surface area contributed by atoms with Gasteiger partial charge >= 0.3 is 0 Å². The molecule has 0 aliphatic heterocycles. The molecule has 118 valence electrons. The highest BCUT2D eigenvalue weighted by Crippen LogP contribution is 2.20. The Kier molecular flexibility index (Phi) is 6.59. The molecule has 21 heavy (non-hydrogen) atoms. The Balaban J connectivity index is 2.80. The maximum Gasteiger partial charge on any atom is 0.180 e. The van der Waals surface area contributed by atoms with Gasteiger partial charge in [0, 0.05) is 12.8 Å². The largest absolute Gasteiger partial charge is 0.300 e. The van der Waals surface area contributed by atoms with Crippen molar-refractivity contribution in [3.8, 4) is 0 Å². The van der Waals surface area contributed by atoms with Gasteiger partial charge in [-0.2, -0.15) is 0 Å². The summed E-state index contributed by atoms with van der Waals surface area (Å²) >= 11 is 0. The fourth-order valence-corrected chi connectivity index (χ4v) is 3.49. The lowest BCUT2D eigenvalue weighted by Crippen LogP contribution is -2.14. The van der Waals surface area contributed by atoms with Crippen LogP contribution in [0.5, 0.6) is 0 Å². The SMILES string of the molecule is CCCC(=O)CC(C)Cc1cccc(S(=O)(=O)C(C)C)c1. The third-order valence-corrected chi connectivity index (χ3v) is 5.69. The number of benzene rings is 1. The van der Waals surface area contributed by atoms with Crippen LogP contribution in [-0.2, 0) is 21.1 Å². The summed E-state index contributed by atoms with van der Waals surface area (Å²) in [6, 6.07) is 7.10. The number of sulfone groups is 1. The van der Waals surface area contributed by atoms with E-state index in [9.17, 15) is 13.2 Å². The van der Waals surface area contributed by atoms with Crippen molar-refractivity contribution < 1.29 is 13.2 Å². The zero-order valence-corrected chi connectivity index (χ0v) is 14.2. The van der Waals surface area contributed by atoms with Crippen molar-refractivity contribution in [3.05, 3.63) is 29.8 Å². The zero-order valence-electron chi connectivity index (χ0n) is 13.4. The molecule has 0 radical (unpaired) electrons. The first-order valence-electron chi connectivity index (χ1n) is 7.61. The Morgan fingerprint density at radius 3 is 2.43 bits per heavy atom. The van der Waals surface area contributed by atoms with Gasteiger partial charge < -0.3 is 0 Å². The second kappa shape index (κ2) is 7.74. The number of hydrogen-bond donors (Lipinski definition) is 0. The maximum absolute atomic E-state index is 12.2. The predicted octanol–water partition coefficient (Wildman–Crippen LogP) is 3.81. The van der Waals surface area contributed by atoms with Gasteiger partial charge in [-0.3, -0.25) is 4.79 Å². The molecule has 1 aromatic rings. The molecule has 0 N–H and O–H groups in total. The lowest BCUT2D eigenvalue weighted by atomic mass is 9.95. The summed E-state index contributed by atoms with van der Waals surface area (Å²) in [5.74, 6) is 0.525. The Labute approximate surface area is 128 Å². The molecule has 1 aromatic carbocycles. The number of Topliss-reactive ketones (excluding diaryl/α,β-unsaturated/α-hetero) is 1. The third-order valence-electron chi connectivity index (χ3n) is 3.54. The second-order valence-corrected chi connectivity index (χ2v) is 8.55. The molecule has 0 saturated heterocycles. The lowest BCUT2D eigenvalue weighted by molar-refractivity contribution is -0.119. The molecule has 1 rings (SSSR count). The summed E-state index contributed by atoms with van der Waals surface area (Å²) < 4.78 is 24.4. The van der Waals surface area contributed by atoms with Crippen molar-refractivity contribution in [2.24, 2.45) is 5.92 Å². The van der Waals surface area contributed by atoms with Crippen LogP contribution in [0.2, 0.25) is 0 Å². The molecule has 0 aliphatic rings. The molecule has 0 heterocycles. The van der Waals surface area contributed by atoms with Crippen LogP contribution < -0.4 is 0 Å². The highest BCUT2D eigenvalue weighted by molar-refractivity contribution is 7.92. The summed E-state index contributed by atoms with van der Waals surface area (Å²) in [4.78, 5) is 12.0. The molecule has 1 unspecified atom stereocenters. The van der Waals surface area contributed by atoms with Gasteiger partial charge in [0.05, 0.1) is 10.1 Å². The highest BCUT2D eigenvalue weighted by atomic mass is 32.2. The van der Waals surface area contributed by atoms with Crippen molar-refractivity contribution in [2.75, 3.05) is 0 Å². The Morgan fingerprint density at radius 2 is 1.86 bits per heavy atom. The van der Waals surface area contributed by atoms with E-state index < -0.39 is 15.1 Å². The first kappa shape index (κ1) is 17.9. The van der Waals surface area contributed by atoms with Gasteiger partial charge in [-0.1, -0.05) is 26.0 Å². The predicted molar refractivity (Wildman–Crippen MR) is 86.2 cm³/mol. The maximum atomic E-state index is 12.2. The minimum atomic E-state index is -3.23. The van der Waals surface area contributed by atoms with Gasteiger partial charge in [-0.05, 0) is 50.3 Å². The number of carbonyl (C=O) groups is 1. The van der Waals surface area contributed by atoms with E-state index >= 15 is 0 Å². The smallest absolute Gasteiger partial charge is 0.180 e. The van der Waals surface area contributed by atoms with Gasteiger partial charge in [0.25, 0.3) is 0 Å². The zero-order chi connectivity index (χ0) is 16.0. The molecular weight excluding hydrogens is 284 g/mol. The molecule has 0 fully saturated rings. The van der Waals surface area contributed by atoms with Crippen LogP contribution in [0.1, 0.15) is 52.5 Å². The van der Waals surface area contributed by atoms with Crippen LogP contribution in [-0.4, -0.2) is 19.5 Å². The Hall–Kier alpha value is -1.16. The third kappa shape index (κ3) is 5.27. The van der Waals surface area contributed by atoms with E-state index in [1.54, 1.807) is 32.0 Å². The topological polar surface area (TPSA) is 51.2 Å². The van der Waals surface area contributed by atoms with E-state index in [1.807, 2.05) is 19.9 Å². The van der Waals surface area contributed by atoms with E-state index in [-0.39, 0.29) is 11.7 Å². The van der Waals surface area contributed by atoms with Crippen molar-refractivity contribution in [1.29, 1.82) is 0 Å². The van der Waals surface area contributed by atoms with E-state index in [0.717, 1.165) is 18.4 Å². The second-order valence-electron chi connectivity index (χ2n) is 6.04. The summed E-state index contributed by atoms with van der Waals surface area (Å²) in [5, 5.41) is -0.420. The minimum absolute atomic E-state index is 0.237. The van der Waals surface area contributed by atoms with Crippen molar-refractivity contribution in [3.63, 3.8) is 0 Å². The van der Waals surface area contributed by atoms with Crippen LogP contribution in [0, 0.1) is 5.92 Å². The molecule has 0 amide bonds. The van der Waals surface area contributed by atoms with E-state index in [2.05, 4.69) is 0 Å². The average molecular weight is 310 g/mol. The molecule has 0 aromatic heterocycles. The molecule has 0 saturated carbocycles. The first-order chi connectivity index (χ1) is 9.77. The molecule has 0 aliphatic carbocycles. The monoisotopic (exact) mass is 310 g/mol. The number of carbonyl (C=O) groups excluding carboxylic acids is 1. The van der Waals surface area contributed by atoms with Gasteiger partial charge in [-0.15, -0.1) is 0 Å². The minimum Gasteiger partial charge on any atom is -0.300 e. The molecule has 1 atom stereocenters. The Morgan fingerprint density at radius 1 is 1.19 bits per heavy atom. The van der Waals surface area contributed by atoms with Crippen LogP contribution in [0.3, 0.4) is 0 Å². The molecule has 0 bridgehead atoms. The van der Waals surface area contributed by atoms with E-state index in [4.69, 9.17) is 0 Å². The first-order valence-corrected chi connectivity index (χ1v) is 9.16. The van der Waals surface area contributed by atoms with Gasteiger partial charge in [0.1, 0.15) is 5.78 Å². The fraction of sp³-hybridized carbons (Fsp3) is 0.588. The molecule has 0 spiro atoms. The highest BCUT2D eigenvalue weighted by Gasteiger charge is 2.19. The summed E-state index contributed by atoms with van der Waals surface area (Å²) in [7, 11) is -3.23. The summed E-state index contributed by atoms with van der Waals surface area (Å²) in [6.07, 6.45) is 2.81. The quantitative estimate of drug-likeness (QED) is 0.733. The molecule has 4 heteroatoms. The van der Waals surface area contributed by atoms with Crippen molar-refractivity contribution >= 4 is 15.6 Å². The van der Waals surface area contributed by atoms with E-state index in [0.29, 0.717) is 17.7 Å². The van der Waals surface area contributed by atoms with Crippen LogP contribution >= 0.6 is 0 Å². The summed E-state index contributed by atoms with van der Waals surface area (Å²) in [6.45, 7) is 7.42. The molecular formula is C17H26O3S. The number of hydrogen-bond acceptors (Lipinski definition) is 3. The standard InChI is InChI=1S/C17H26O3S/c1-5-7-16(18)11-14(4)10-15-8-6-9-17(12-15)21(19,20)13(2)3/h6,8-9,12-14H,5,7,10-11H2,1-4H3. The van der Waals surface area contributed by atoms with Crippen LogP contribution in [0.15, 0.2) is 29.2 Å².